The summed E-state index contributed by atoms with van der Waals surface area (Å²) in [5, 5.41) is 19.8. The Morgan fingerprint density at radius 2 is 1.67 bits per heavy atom. The van der Waals surface area contributed by atoms with Crippen LogP contribution >= 0.6 is 15.6 Å². The Morgan fingerprint density at radius 3 is 2.13 bits per heavy atom. The molecule has 2 heterocycles. The minimum Gasteiger partial charge on any atom is -0.412 e. The number of ether oxygens (including phenoxy) is 1. The van der Waals surface area contributed by atoms with E-state index in [0.717, 1.165) is 10.8 Å². The van der Waals surface area contributed by atoms with Gasteiger partial charge >= 0.3 is 21.3 Å². The zero-order valence-electron chi connectivity index (χ0n) is 16.2. The summed E-state index contributed by atoms with van der Waals surface area (Å²) in [5.74, 6) is -0.0787. The van der Waals surface area contributed by atoms with Crippen LogP contribution in [0, 0.1) is 0 Å². The Bertz CT molecular complexity index is 795. The molecule has 1 aliphatic heterocycles. The van der Waals surface area contributed by atoms with E-state index in [9.17, 15) is 24.1 Å². The van der Waals surface area contributed by atoms with Gasteiger partial charge < -0.3 is 46.3 Å². The summed E-state index contributed by atoms with van der Waals surface area (Å²) >= 11 is 0. The molecule has 1 fully saturated rings. The first-order valence-electron chi connectivity index (χ1n) is 6.50. The molecule has 5 atom stereocenters. The van der Waals surface area contributed by atoms with Gasteiger partial charge in [0.15, 0.2) is 6.23 Å². The predicted octanol–water partition coefficient (Wildman–Crippen LogP) is -5.12. The molecule has 0 aromatic carbocycles. The number of phosphoric ester groups is 1. The SMILES string of the molecule is Nc1ccn([C@@H]2O[C@H](COP(=O)(O)OP(=O)(O)O)[C@@H](O)[C@H]2O)c(=O)n1.O.O.[Na].[Na].[Na]. The van der Waals surface area contributed by atoms with Crippen molar-refractivity contribution in [3.8, 4) is 0 Å². The minimum atomic E-state index is -5.30. The van der Waals surface area contributed by atoms with Crippen molar-refractivity contribution < 1.29 is 58.5 Å². The van der Waals surface area contributed by atoms with Crippen LogP contribution in [0.15, 0.2) is 17.1 Å². The topological polar surface area (TPSA) is 287 Å². The predicted molar refractivity (Wildman–Crippen MR) is 102 cm³/mol. The van der Waals surface area contributed by atoms with Crippen molar-refractivity contribution in [2.45, 2.75) is 24.5 Å². The van der Waals surface area contributed by atoms with Crippen molar-refractivity contribution in [1.29, 1.82) is 0 Å². The quantitative estimate of drug-likeness (QED) is 0.155. The molecule has 3 radical (unpaired) electrons. The Hall–Kier alpha value is 1.74. The van der Waals surface area contributed by atoms with Gasteiger partial charge in [0.25, 0.3) is 0 Å². The first kappa shape index (κ1) is 39.0. The fraction of sp³-hybridized carbons (Fsp3) is 0.556. The molecule has 16 nitrogen and oxygen atoms in total. The molecule has 1 unspecified atom stereocenters. The van der Waals surface area contributed by atoms with Crippen LogP contribution in [0.3, 0.4) is 0 Å². The molecule has 161 valence electrons. The van der Waals surface area contributed by atoms with Crippen molar-refractivity contribution >= 4 is 110 Å². The molecule has 1 saturated heterocycles. The van der Waals surface area contributed by atoms with Crippen molar-refractivity contribution in [3.63, 3.8) is 0 Å². The average Bonchev–Trinajstić information content (AvgIpc) is 2.71. The first-order valence-corrected chi connectivity index (χ1v) is 9.53. The maximum Gasteiger partial charge on any atom is 0.481 e. The smallest absolute Gasteiger partial charge is 0.412 e. The van der Waals surface area contributed by atoms with Crippen LogP contribution in [0.4, 0.5) is 5.82 Å². The van der Waals surface area contributed by atoms with Crippen LogP contribution < -0.4 is 11.4 Å². The second-order valence-corrected chi connectivity index (χ2v) is 7.75. The molecule has 0 amide bonds. The van der Waals surface area contributed by atoms with Gasteiger partial charge in [-0.1, -0.05) is 0 Å². The van der Waals surface area contributed by atoms with E-state index in [1.165, 1.54) is 6.07 Å². The van der Waals surface area contributed by atoms with E-state index in [1.54, 1.807) is 0 Å². The minimum absolute atomic E-state index is 0. The van der Waals surface area contributed by atoms with Gasteiger partial charge in [-0.05, 0) is 6.07 Å². The van der Waals surface area contributed by atoms with Crippen molar-refractivity contribution in [3.05, 3.63) is 22.7 Å². The van der Waals surface area contributed by atoms with Gasteiger partial charge in [0, 0.05) is 94.9 Å². The Kier molecular flexibility index (Phi) is 20.3. The summed E-state index contributed by atoms with van der Waals surface area (Å²) in [6, 6.07) is 1.24. The molecule has 2 rings (SSSR count). The number of rotatable bonds is 6. The van der Waals surface area contributed by atoms with Crippen LogP contribution in [0.25, 0.3) is 0 Å². The standard InChI is InChI=1S/C9H15N3O11P2.3Na.2H2O/c10-5-1-2-12(9(15)11-5)8-7(14)6(13)4(22-8)3-21-25(19,20)23-24(16,17)18;;;;;/h1-2,4,6-8,13-14H,3H2,(H,19,20)(H2,10,11,15)(H2,16,17,18);;;;2*1H2/t4-,6-,7-,8-;;;;;/m1...../s1. The zero-order chi connectivity index (χ0) is 19.0. The molecule has 21 heteroatoms. The first-order chi connectivity index (χ1) is 11.4. The fourth-order valence-electron chi connectivity index (χ4n) is 2.04. The van der Waals surface area contributed by atoms with Gasteiger partial charge in [0.2, 0.25) is 0 Å². The molecule has 30 heavy (non-hydrogen) atoms. The van der Waals surface area contributed by atoms with Gasteiger partial charge in [0.1, 0.15) is 24.1 Å². The van der Waals surface area contributed by atoms with Gasteiger partial charge in [-0.25, -0.2) is 13.9 Å². The molecule has 1 aromatic heterocycles. The summed E-state index contributed by atoms with van der Waals surface area (Å²) in [4.78, 5) is 41.3. The van der Waals surface area contributed by atoms with Crippen molar-refractivity contribution in [2.24, 2.45) is 0 Å². The fourth-order valence-corrected chi connectivity index (χ4v) is 3.64. The Labute approximate surface area is 235 Å². The molecule has 0 saturated carbocycles. The van der Waals surface area contributed by atoms with Crippen LogP contribution in [0.2, 0.25) is 0 Å². The number of nitrogens with zero attached hydrogens (tertiary/aromatic N) is 2. The molecule has 0 spiro atoms. The summed E-state index contributed by atoms with van der Waals surface area (Å²) in [6.07, 6.45) is -4.93. The number of nitrogen functional groups attached to an aromatic ring is 1. The number of hydrogen-bond acceptors (Lipinski definition) is 10. The van der Waals surface area contributed by atoms with Crippen molar-refractivity contribution in [1.82, 2.24) is 9.55 Å². The maximum atomic E-state index is 11.7. The van der Waals surface area contributed by atoms with Gasteiger partial charge in [0.05, 0.1) is 6.61 Å². The largest absolute Gasteiger partial charge is 0.481 e. The molecular formula is C9H19N3Na3O13P2. The van der Waals surface area contributed by atoms with Crippen molar-refractivity contribution in [2.75, 3.05) is 12.3 Å². The van der Waals surface area contributed by atoms with Crippen LogP contribution in [-0.4, -0.2) is 159 Å². The van der Waals surface area contributed by atoms with Crippen LogP contribution in [-0.2, 0) is 22.7 Å². The number of hydrogen-bond donors (Lipinski definition) is 6. The Morgan fingerprint density at radius 1 is 1.13 bits per heavy atom. The van der Waals surface area contributed by atoms with E-state index >= 15 is 0 Å². The molecule has 11 N–H and O–H groups in total. The van der Waals surface area contributed by atoms with Gasteiger partial charge in [-0.15, -0.1) is 0 Å². The summed E-state index contributed by atoms with van der Waals surface area (Å²) in [7, 11) is -10.5. The maximum absolute atomic E-state index is 11.7. The normalized spacial score (nSPS) is 24.6. The number of phosphoric acid groups is 2. The van der Waals surface area contributed by atoms with E-state index in [4.69, 9.17) is 25.2 Å². The van der Waals surface area contributed by atoms with Gasteiger partial charge in [-0.3, -0.25) is 9.09 Å². The molecule has 0 aliphatic carbocycles. The molecule has 0 bridgehead atoms. The third kappa shape index (κ3) is 11.2. The van der Waals surface area contributed by atoms with Crippen LogP contribution in [0.1, 0.15) is 6.23 Å². The summed E-state index contributed by atoms with van der Waals surface area (Å²) in [6.45, 7) is -0.875. The van der Waals surface area contributed by atoms with E-state index in [-0.39, 0.29) is 105 Å². The number of anilines is 1. The van der Waals surface area contributed by atoms with E-state index in [2.05, 4.69) is 13.8 Å². The molecule has 1 aromatic rings. The summed E-state index contributed by atoms with van der Waals surface area (Å²) in [5.41, 5.74) is 4.45. The molecule has 1 aliphatic rings. The van der Waals surface area contributed by atoms with Crippen LogP contribution in [0.5, 0.6) is 0 Å². The third-order valence-electron chi connectivity index (χ3n) is 3.07. The molecular weight excluding hydrogens is 489 g/mol. The average molecular weight is 508 g/mol. The second-order valence-electron chi connectivity index (χ2n) is 4.93. The number of aliphatic hydroxyl groups is 2. The zero-order valence-corrected chi connectivity index (χ0v) is 24.0. The number of nitrogens with two attached hydrogens (primary N) is 1. The Balaban J connectivity index is -0.000000676. The summed E-state index contributed by atoms with van der Waals surface area (Å²) < 4.78 is 35.8. The van der Waals surface area contributed by atoms with Gasteiger partial charge in [-0.2, -0.15) is 9.29 Å². The van der Waals surface area contributed by atoms with E-state index in [0.29, 0.717) is 0 Å². The van der Waals surface area contributed by atoms with E-state index in [1.807, 2.05) is 0 Å². The third-order valence-corrected chi connectivity index (χ3v) is 5.23. The monoisotopic (exact) mass is 508 g/mol. The second kappa shape index (κ2) is 15.6. The van der Waals surface area contributed by atoms with E-state index < -0.39 is 52.5 Å². The number of aromatic nitrogens is 2. The number of aliphatic hydroxyl groups excluding tert-OH is 2.